The van der Waals surface area contributed by atoms with E-state index in [0.717, 1.165) is 24.2 Å². The molecule has 0 unspecified atom stereocenters. The van der Waals surface area contributed by atoms with Gasteiger partial charge in [-0.3, -0.25) is 14.4 Å². The fourth-order valence-electron chi connectivity index (χ4n) is 4.56. The SMILES string of the molecule is Cc1ccc(NS(=O)(=O)c2ccc(C)c(C(=O)N3CCN(C4CCCC4)CC3)c2)cc1. The van der Waals surface area contributed by atoms with Gasteiger partial charge in [-0.1, -0.05) is 36.6 Å². The van der Waals surface area contributed by atoms with Crippen LogP contribution in [0.15, 0.2) is 47.4 Å². The third-order valence-corrected chi connectivity index (χ3v) is 7.88. The quantitative estimate of drug-likeness (QED) is 0.766. The summed E-state index contributed by atoms with van der Waals surface area (Å²) in [5, 5.41) is 0. The summed E-state index contributed by atoms with van der Waals surface area (Å²) < 4.78 is 28.4. The van der Waals surface area contributed by atoms with Crippen LogP contribution in [0.1, 0.15) is 47.2 Å². The Labute approximate surface area is 185 Å². The molecule has 2 fully saturated rings. The average molecular weight is 442 g/mol. The molecule has 1 amide bonds. The van der Waals surface area contributed by atoms with Crippen molar-refractivity contribution in [3.8, 4) is 0 Å². The average Bonchev–Trinajstić information content (AvgIpc) is 3.30. The molecule has 0 bridgehead atoms. The Morgan fingerprint density at radius 1 is 0.935 bits per heavy atom. The first-order valence-electron chi connectivity index (χ1n) is 11.1. The molecule has 2 aliphatic rings. The van der Waals surface area contributed by atoms with Gasteiger partial charge in [-0.05, 0) is 56.5 Å². The molecule has 0 atom stereocenters. The summed E-state index contributed by atoms with van der Waals surface area (Å²) in [5.41, 5.74) is 2.81. The number of anilines is 1. The van der Waals surface area contributed by atoms with E-state index in [9.17, 15) is 13.2 Å². The lowest BCUT2D eigenvalue weighted by Gasteiger charge is -2.38. The van der Waals surface area contributed by atoms with Crippen molar-refractivity contribution < 1.29 is 13.2 Å². The molecule has 0 aromatic heterocycles. The fourth-order valence-corrected chi connectivity index (χ4v) is 5.65. The number of nitrogens with zero attached hydrogens (tertiary/aromatic N) is 2. The van der Waals surface area contributed by atoms with Crippen molar-refractivity contribution in [3.05, 3.63) is 59.2 Å². The zero-order valence-electron chi connectivity index (χ0n) is 18.3. The molecule has 1 saturated heterocycles. The highest BCUT2D eigenvalue weighted by Gasteiger charge is 2.29. The van der Waals surface area contributed by atoms with Crippen molar-refractivity contribution in [2.45, 2.75) is 50.5 Å². The van der Waals surface area contributed by atoms with Gasteiger partial charge >= 0.3 is 0 Å². The molecular weight excluding hydrogens is 410 g/mol. The van der Waals surface area contributed by atoms with Gasteiger partial charge in [0.1, 0.15) is 0 Å². The summed E-state index contributed by atoms with van der Waals surface area (Å²) >= 11 is 0. The Kier molecular flexibility index (Phi) is 6.34. The number of carbonyl (C=O) groups is 1. The van der Waals surface area contributed by atoms with Crippen LogP contribution in [-0.4, -0.2) is 56.3 Å². The Balaban J connectivity index is 1.48. The molecule has 31 heavy (non-hydrogen) atoms. The number of amides is 1. The van der Waals surface area contributed by atoms with E-state index in [2.05, 4.69) is 9.62 Å². The number of nitrogens with one attached hydrogen (secondary N) is 1. The second-order valence-electron chi connectivity index (χ2n) is 8.71. The molecule has 1 aliphatic carbocycles. The predicted octanol–water partition coefficient (Wildman–Crippen LogP) is 3.80. The number of aryl methyl sites for hydroxylation is 2. The molecule has 4 rings (SSSR count). The number of hydrogen-bond donors (Lipinski definition) is 1. The van der Waals surface area contributed by atoms with E-state index < -0.39 is 10.0 Å². The highest BCUT2D eigenvalue weighted by molar-refractivity contribution is 7.92. The van der Waals surface area contributed by atoms with Gasteiger partial charge in [0.15, 0.2) is 0 Å². The molecule has 0 radical (unpaired) electrons. The van der Waals surface area contributed by atoms with Crippen molar-refractivity contribution in [2.75, 3.05) is 30.9 Å². The summed E-state index contributed by atoms with van der Waals surface area (Å²) in [6.45, 7) is 6.96. The van der Waals surface area contributed by atoms with E-state index in [1.807, 2.05) is 30.9 Å². The zero-order valence-corrected chi connectivity index (χ0v) is 19.1. The van der Waals surface area contributed by atoms with E-state index in [0.29, 0.717) is 30.4 Å². The minimum Gasteiger partial charge on any atom is -0.336 e. The molecule has 6 nitrogen and oxygen atoms in total. The molecule has 166 valence electrons. The van der Waals surface area contributed by atoms with Crippen molar-refractivity contribution >= 4 is 21.6 Å². The van der Waals surface area contributed by atoms with Crippen LogP contribution in [0.25, 0.3) is 0 Å². The van der Waals surface area contributed by atoms with Crippen LogP contribution < -0.4 is 4.72 Å². The third kappa shape index (κ3) is 4.93. The van der Waals surface area contributed by atoms with E-state index in [1.54, 1.807) is 24.3 Å². The lowest BCUT2D eigenvalue weighted by Crippen LogP contribution is -2.51. The number of hydrogen-bond acceptors (Lipinski definition) is 4. The van der Waals surface area contributed by atoms with Crippen LogP contribution in [0.4, 0.5) is 5.69 Å². The molecule has 2 aromatic carbocycles. The van der Waals surface area contributed by atoms with Gasteiger partial charge in [0.2, 0.25) is 0 Å². The third-order valence-electron chi connectivity index (χ3n) is 6.50. The van der Waals surface area contributed by atoms with E-state index in [1.165, 1.54) is 31.7 Å². The molecular formula is C24H31N3O3S. The maximum absolute atomic E-state index is 13.2. The lowest BCUT2D eigenvalue weighted by molar-refractivity contribution is 0.0572. The summed E-state index contributed by atoms with van der Waals surface area (Å²) in [6, 6.07) is 12.6. The second-order valence-corrected chi connectivity index (χ2v) is 10.4. The molecule has 0 spiro atoms. The van der Waals surface area contributed by atoms with Crippen LogP contribution >= 0.6 is 0 Å². The minimum absolute atomic E-state index is 0.0871. The fraction of sp³-hybridized carbons (Fsp3) is 0.458. The van der Waals surface area contributed by atoms with Gasteiger partial charge in [-0.25, -0.2) is 8.42 Å². The molecule has 7 heteroatoms. The maximum Gasteiger partial charge on any atom is 0.261 e. The van der Waals surface area contributed by atoms with Gasteiger partial charge in [-0.2, -0.15) is 0 Å². The van der Waals surface area contributed by atoms with Crippen LogP contribution in [0.5, 0.6) is 0 Å². The van der Waals surface area contributed by atoms with Gasteiger partial charge in [0.25, 0.3) is 15.9 Å². The van der Waals surface area contributed by atoms with Crippen molar-refractivity contribution in [1.82, 2.24) is 9.80 Å². The lowest BCUT2D eigenvalue weighted by atomic mass is 10.1. The normalized spacial score (nSPS) is 18.3. The van der Waals surface area contributed by atoms with Crippen LogP contribution in [0.2, 0.25) is 0 Å². The summed E-state index contributed by atoms with van der Waals surface area (Å²) in [6.07, 6.45) is 5.14. The largest absolute Gasteiger partial charge is 0.336 e. The molecule has 2 aromatic rings. The molecule has 1 aliphatic heterocycles. The van der Waals surface area contributed by atoms with Crippen molar-refractivity contribution in [1.29, 1.82) is 0 Å². The van der Waals surface area contributed by atoms with E-state index in [-0.39, 0.29) is 10.8 Å². The number of rotatable bonds is 5. The molecule has 1 N–H and O–H groups in total. The number of carbonyl (C=O) groups excluding carboxylic acids is 1. The van der Waals surface area contributed by atoms with Crippen LogP contribution in [-0.2, 0) is 10.0 Å². The Bertz CT molecular complexity index is 1040. The highest BCUT2D eigenvalue weighted by Crippen LogP contribution is 2.25. The Morgan fingerprint density at radius 3 is 2.23 bits per heavy atom. The van der Waals surface area contributed by atoms with Gasteiger partial charge in [-0.15, -0.1) is 0 Å². The summed E-state index contributed by atoms with van der Waals surface area (Å²) in [5.74, 6) is -0.0871. The number of benzene rings is 2. The smallest absolute Gasteiger partial charge is 0.261 e. The maximum atomic E-state index is 13.2. The van der Waals surface area contributed by atoms with E-state index in [4.69, 9.17) is 0 Å². The number of piperazine rings is 1. The minimum atomic E-state index is -3.78. The van der Waals surface area contributed by atoms with E-state index >= 15 is 0 Å². The Hall–Kier alpha value is -2.38. The van der Waals surface area contributed by atoms with Gasteiger partial charge in [0.05, 0.1) is 4.90 Å². The predicted molar refractivity (Wildman–Crippen MR) is 123 cm³/mol. The zero-order chi connectivity index (χ0) is 22.0. The first-order valence-corrected chi connectivity index (χ1v) is 12.6. The van der Waals surface area contributed by atoms with Gasteiger partial charge < -0.3 is 4.90 Å². The highest BCUT2D eigenvalue weighted by atomic mass is 32.2. The first-order chi connectivity index (χ1) is 14.8. The topological polar surface area (TPSA) is 69.7 Å². The number of sulfonamides is 1. The second kappa shape index (κ2) is 9.01. The molecule has 1 saturated carbocycles. The van der Waals surface area contributed by atoms with Crippen molar-refractivity contribution in [3.63, 3.8) is 0 Å². The summed E-state index contributed by atoms with van der Waals surface area (Å²) in [4.78, 5) is 17.7. The van der Waals surface area contributed by atoms with Crippen LogP contribution in [0, 0.1) is 13.8 Å². The van der Waals surface area contributed by atoms with Gasteiger partial charge in [0, 0.05) is 43.5 Å². The monoisotopic (exact) mass is 441 g/mol. The summed E-state index contributed by atoms with van der Waals surface area (Å²) in [7, 11) is -3.78. The Morgan fingerprint density at radius 2 is 1.58 bits per heavy atom. The van der Waals surface area contributed by atoms with Crippen LogP contribution in [0.3, 0.4) is 0 Å². The van der Waals surface area contributed by atoms with Crippen molar-refractivity contribution in [2.24, 2.45) is 0 Å². The molecule has 1 heterocycles. The first kappa shape index (κ1) is 21.8. The standard InChI is InChI=1S/C24H31N3O3S/c1-18-7-10-20(11-8-18)25-31(29,30)22-12-9-19(2)23(17-22)24(28)27-15-13-26(14-16-27)21-5-3-4-6-21/h7-12,17,21,25H,3-6,13-16H2,1-2H3.